The standard InChI is InChI=1S/C12H22N2O2S/c15-12(14-6-8-17(16)9-7-14)4-3-11-2-1-5-13-10-11/h11,13H,1-10H2. The van der Waals surface area contributed by atoms with Gasteiger partial charge in [-0.1, -0.05) is 0 Å². The molecule has 0 aromatic carbocycles. The molecule has 2 aliphatic heterocycles. The van der Waals surface area contributed by atoms with E-state index in [2.05, 4.69) is 5.32 Å². The van der Waals surface area contributed by atoms with Crippen LogP contribution in [0.15, 0.2) is 0 Å². The van der Waals surface area contributed by atoms with E-state index >= 15 is 0 Å². The summed E-state index contributed by atoms with van der Waals surface area (Å²) in [6.07, 6.45) is 4.16. The Balaban J connectivity index is 1.67. The largest absolute Gasteiger partial charge is 0.341 e. The fourth-order valence-corrected chi connectivity index (χ4v) is 3.60. The molecule has 2 saturated heterocycles. The fourth-order valence-electron chi connectivity index (χ4n) is 2.54. The lowest BCUT2D eigenvalue weighted by atomic mass is 9.94. The van der Waals surface area contributed by atoms with Crippen LogP contribution in [-0.4, -0.2) is 52.7 Å². The van der Waals surface area contributed by atoms with Crippen molar-refractivity contribution in [2.24, 2.45) is 5.92 Å². The molecule has 0 aliphatic carbocycles. The molecule has 2 fully saturated rings. The Morgan fingerprint density at radius 1 is 1.35 bits per heavy atom. The molecule has 1 atom stereocenters. The molecular weight excluding hydrogens is 236 g/mol. The molecule has 0 spiro atoms. The molecular formula is C12H22N2O2S. The summed E-state index contributed by atoms with van der Waals surface area (Å²) in [5, 5.41) is 3.38. The smallest absolute Gasteiger partial charge is 0.222 e. The number of carbonyl (C=O) groups excluding carboxylic acids is 1. The number of rotatable bonds is 3. The Labute approximate surface area is 106 Å². The van der Waals surface area contributed by atoms with Crippen LogP contribution < -0.4 is 5.32 Å². The van der Waals surface area contributed by atoms with Crippen LogP contribution in [0.3, 0.4) is 0 Å². The van der Waals surface area contributed by atoms with Gasteiger partial charge in [0.05, 0.1) is 0 Å². The van der Waals surface area contributed by atoms with E-state index in [4.69, 9.17) is 0 Å². The molecule has 4 nitrogen and oxygen atoms in total. The van der Waals surface area contributed by atoms with E-state index in [9.17, 15) is 9.00 Å². The number of hydrogen-bond donors (Lipinski definition) is 1. The van der Waals surface area contributed by atoms with Crippen molar-refractivity contribution in [2.75, 3.05) is 37.7 Å². The van der Waals surface area contributed by atoms with Gasteiger partial charge in [-0.2, -0.15) is 0 Å². The van der Waals surface area contributed by atoms with Gasteiger partial charge in [-0.3, -0.25) is 9.00 Å². The molecule has 2 aliphatic rings. The third kappa shape index (κ3) is 4.07. The van der Waals surface area contributed by atoms with Crippen LogP contribution in [0, 0.1) is 5.92 Å². The number of amides is 1. The lowest BCUT2D eigenvalue weighted by molar-refractivity contribution is -0.131. The van der Waals surface area contributed by atoms with Crippen LogP contribution in [0.25, 0.3) is 0 Å². The SMILES string of the molecule is O=C(CCC1CCCNC1)N1CCS(=O)CC1. The molecule has 98 valence electrons. The van der Waals surface area contributed by atoms with Gasteiger partial charge in [-0.15, -0.1) is 0 Å². The first-order chi connectivity index (χ1) is 8.25. The maximum absolute atomic E-state index is 12.0. The first-order valence-corrected chi connectivity index (χ1v) is 8.08. The Bertz CT molecular complexity index is 280. The second-order valence-corrected chi connectivity index (χ2v) is 6.68. The van der Waals surface area contributed by atoms with E-state index < -0.39 is 10.8 Å². The lowest BCUT2D eigenvalue weighted by Gasteiger charge is -2.28. The molecule has 0 aromatic heterocycles. The van der Waals surface area contributed by atoms with Gasteiger partial charge >= 0.3 is 0 Å². The maximum atomic E-state index is 12.0. The van der Waals surface area contributed by atoms with Crippen LogP contribution in [0.1, 0.15) is 25.7 Å². The molecule has 1 unspecified atom stereocenters. The zero-order valence-electron chi connectivity index (χ0n) is 10.3. The van der Waals surface area contributed by atoms with E-state index in [1.807, 2.05) is 4.90 Å². The molecule has 1 N–H and O–H groups in total. The summed E-state index contributed by atoms with van der Waals surface area (Å²) in [6, 6.07) is 0. The minimum absolute atomic E-state index is 0.257. The van der Waals surface area contributed by atoms with Crippen molar-refractivity contribution >= 4 is 16.7 Å². The Morgan fingerprint density at radius 2 is 2.12 bits per heavy atom. The van der Waals surface area contributed by atoms with Crippen LogP contribution in [0.5, 0.6) is 0 Å². The first-order valence-electron chi connectivity index (χ1n) is 6.59. The first kappa shape index (κ1) is 13.0. The normalized spacial score (nSPS) is 27.1. The van der Waals surface area contributed by atoms with Crippen LogP contribution in [0.4, 0.5) is 0 Å². The number of piperidine rings is 1. The lowest BCUT2D eigenvalue weighted by Crippen LogP contribution is -2.42. The third-order valence-electron chi connectivity index (χ3n) is 3.70. The highest BCUT2D eigenvalue weighted by Crippen LogP contribution is 2.17. The summed E-state index contributed by atoms with van der Waals surface area (Å²) in [6.45, 7) is 3.57. The van der Waals surface area contributed by atoms with E-state index in [0.29, 0.717) is 36.9 Å². The summed E-state index contributed by atoms with van der Waals surface area (Å²) in [7, 11) is -0.690. The monoisotopic (exact) mass is 258 g/mol. The van der Waals surface area contributed by atoms with Crippen LogP contribution in [-0.2, 0) is 15.6 Å². The number of nitrogens with one attached hydrogen (secondary N) is 1. The van der Waals surface area contributed by atoms with Crippen molar-refractivity contribution in [3.8, 4) is 0 Å². The number of carbonyl (C=O) groups is 1. The minimum Gasteiger partial charge on any atom is -0.341 e. The number of hydrogen-bond acceptors (Lipinski definition) is 3. The van der Waals surface area contributed by atoms with Crippen molar-refractivity contribution in [2.45, 2.75) is 25.7 Å². The Kier molecular flexibility index (Phi) is 4.98. The van der Waals surface area contributed by atoms with Gasteiger partial charge in [0.15, 0.2) is 0 Å². The van der Waals surface area contributed by atoms with Crippen LogP contribution in [0.2, 0.25) is 0 Å². The summed E-state index contributed by atoms with van der Waals surface area (Å²) in [5.74, 6) is 2.26. The predicted octanol–water partition coefficient (Wildman–Crippen LogP) is 0.357. The molecule has 0 bridgehead atoms. The molecule has 2 heterocycles. The average Bonchev–Trinajstić information content (AvgIpc) is 2.38. The zero-order valence-corrected chi connectivity index (χ0v) is 11.1. The van der Waals surface area contributed by atoms with E-state index in [-0.39, 0.29) is 5.91 Å². The van der Waals surface area contributed by atoms with Gasteiger partial charge in [-0.25, -0.2) is 0 Å². The molecule has 17 heavy (non-hydrogen) atoms. The second kappa shape index (κ2) is 6.50. The average molecular weight is 258 g/mol. The molecule has 5 heteroatoms. The van der Waals surface area contributed by atoms with Crippen molar-refractivity contribution in [3.05, 3.63) is 0 Å². The van der Waals surface area contributed by atoms with Crippen LogP contribution >= 0.6 is 0 Å². The van der Waals surface area contributed by atoms with Crippen molar-refractivity contribution < 1.29 is 9.00 Å². The van der Waals surface area contributed by atoms with Gasteiger partial charge in [0, 0.05) is 41.8 Å². The van der Waals surface area contributed by atoms with E-state index in [1.54, 1.807) is 0 Å². The van der Waals surface area contributed by atoms with Gasteiger partial charge in [0.25, 0.3) is 0 Å². The Hall–Kier alpha value is -0.420. The van der Waals surface area contributed by atoms with Gasteiger partial charge in [0.1, 0.15) is 0 Å². The minimum atomic E-state index is -0.690. The summed E-state index contributed by atoms with van der Waals surface area (Å²) in [4.78, 5) is 13.8. The molecule has 0 aromatic rings. The highest BCUT2D eigenvalue weighted by atomic mass is 32.2. The topological polar surface area (TPSA) is 49.4 Å². The summed E-state index contributed by atoms with van der Waals surface area (Å²) >= 11 is 0. The Morgan fingerprint density at radius 3 is 2.76 bits per heavy atom. The predicted molar refractivity (Wildman–Crippen MR) is 69.3 cm³/mol. The quantitative estimate of drug-likeness (QED) is 0.795. The van der Waals surface area contributed by atoms with E-state index in [0.717, 1.165) is 19.5 Å². The molecule has 0 saturated carbocycles. The van der Waals surface area contributed by atoms with E-state index in [1.165, 1.54) is 12.8 Å². The van der Waals surface area contributed by atoms with Crippen molar-refractivity contribution in [1.29, 1.82) is 0 Å². The molecule has 0 radical (unpaired) electrons. The van der Waals surface area contributed by atoms with Gasteiger partial charge in [-0.05, 0) is 38.3 Å². The summed E-state index contributed by atoms with van der Waals surface area (Å²) in [5.41, 5.74) is 0. The molecule has 2 rings (SSSR count). The number of nitrogens with zero attached hydrogens (tertiary/aromatic N) is 1. The zero-order chi connectivity index (χ0) is 12.1. The highest BCUT2D eigenvalue weighted by Gasteiger charge is 2.21. The molecule has 1 amide bonds. The third-order valence-corrected chi connectivity index (χ3v) is 4.97. The van der Waals surface area contributed by atoms with Gasteiger partial charge < -0.3 is 10.2 Å². The van der Waals surface area contributed by atoms with Crippen molar-refractivity contribution in [3.63, 3.8) is 0 Å². The summed E-state index contributed by atoms with van der Waals surface area (Å²) < 4.78 is 11.2. The second-order valence-electron chi connectivity index (χ2n) is 4.98. The maximum Gasteiger partial charge on any atom is 0.222 e. The fraction of sp³-hybridized carbons (Fsp3) is 0.917. The van der Waals surface area contributed by atoms with Gasteiger partial charge in [0.2, 0.25) is 5.91 Å². The van der Waals surface area contributed by atoms with Crippen molar-refractivity contribution in [1.82, 2.24) is 10.2 Å². The highest BCUT2D eigenvalue weighted by molar-refractivity contribution is 7.85.